The summed E-state index contributed by atoms with van der Waals surface area (Å²) in [4.78, 5) is 16.1. The number of hydrogen-bond acceptors (Lipinski definition) is 3. The van der Waals surface area contributed by atoms with Gasteiger partial charge in [-0.05, 0) is 25.2 Å². The van der Waals surface area contributed by atoms with Crippen molar-refractivity contribution < 1.29 is 4.79 Å². The van der Waals surface area contributed by atoms with Crippen LogP contribution in [0.25, 0.3) is 0 Å². The molecule has 0 spiro atoms. The SMILES string of the molecule is C[C@H]1C[C@H]1C(=O)Nc1nc(C2CC2)cs1. The molecule has 15 heavy (non-hydrogen) atoms. The molecule has 2 atom stereocenters. The summed E-state index contributed by atoms with van der Waals surface area (Å²) in [6.45, 7) is 2.11. The Morgan fingerprint density at radius 2 is 2.33 bits per heavy atom. The largest absolute Gasteiger partial charge is 0.302 e. The van der Waals surface area contributed by atoms with Crippen molar-refractivity contribution in [1.29, 1.82) is 0 Å². The van der Waals surface area contributed by atoms with Crippen LogP contribution in [0, 0.1) is 11.8 Å². The molecular weight excluding hydrogens is 208 g/mol. The summed E-state index contributed by atoms with van der Waals surface area (Å²) in [6, 6.07) is 0. The smallest absolute Gasteiger partial charge is 0.229 e. The molecule has 80 valence electrons. The Hall–Kier alpha value is -0.900. The number of amides is 1. The van der Waals surface area contributed by atoms with Gasteiger partial charge in [0, 0.05) is 17.2 Å². The average molecular weight is 222 g/mol. The first-order valence-electron chi connectivity index (χ1n) is 5.50. The zero-order valence-electron chi connectivity index (χ0n) is 8.69. The van der Waals surface area contributed by atoms with E-state index in [1.807, 2.05) is 0 Å². The Kier molecular flexibility index (Phi) is 2.06. The van der Waals surface area contributed by atoms with Crippen molar-refractivity contribution in [3.63, 3.8) is 0 Å². The van der Waals surface area contributed by atoms with E-state index in [-0.39, 0.29) is 11.8 Å². The van der Waals surface area contributed by atoms with Crippen LogP contribution >= 0.6 is 11.3 Å². The Balaban J connectivity index is 1.63. The molecule has 1 amide bonds. The minimum absolute atomic E-state index is 0.152. The molecule has 1 aromatic heterocycles. The molecule has 3 rings (SSSR count). The first-order chi connectivity index (χ1) is 7.24. The zero-order valence-corrected chi connectivity index (χ0v) is 9.51. The first-order valence-corrected chi connectivity index (χ1v) is 6.38. The van der Waals surface area contributed by atoms with Gasteiger partial charge in [0.15, 0.2) is 5.13 Å². The van der Waals surface area contributed by atoms with Crippen molar-refractivity contribution in [2.45, 2.75) is 32.1 Å². The van der Waals surface area contributed by atoms with Gasteiger partial charge in [-0.15, -0.1) is 11.3 Å². The van der Waals surface area contributed by atoms with E-state index in [1.165, 1.54) is 18.5 Å². The maximum Gasteiger partial charge on any atom is 0.229 e. The molecule has 3 nitrogen and oxygen atoms in total. The van der Waals surface area contributed by atoms with Crippen molar-refractivity contribution in [2.24, 2.45) is 11.8 Å². The van der Waals surface area contributed by atoms with Crippen molar-refractivity contribution in [1.82, 2.24) is 4.98 Å². The lowest BCUT2D eigenvalue weighted by Gasteiger charge is -1.98. The Labute approximate surface area is 92.9 Å². The fourth-order valence-corrected chi connectivity index (χ4v) is 2.59. The molecule has 4 heteroatoms. The van der Waals surface area contributed by atoms with Crippen LogP contribution in [0.2, 0.25) is 0 Å². The summed E-state index contributed by atoms with van der Waals surface area (Å²) >= 11 is 1.55. The zero-order chi connectivity index (χ0) is 10.4. The van der Waals surface area contributed by atoms with Crippen LogP contribution in [0.15, 0.2) is 5.38 Å². The number of anilines is 1. The van der Waals surface area contributed by atoms with Crippen LogP contribution in [-0.2, 0) is 4.79 Å². The van der Waals surface area contributed by atoms with Crippen LogP contribution in [0.4, 0.5) is 5.13 Å². The fraction of sp³-hybridized carbons (Fsp3) is 0.636. The van der Waals surface area contributed by atoms with Gasteiger partial charge < -0.3 is 5.32 Å². The molecule has 0 radical (unpaired) electrons. The second kappa shape index (κ2) is 3.30. The summed E-state index contributed by atoms with van der Waals surface area (Å²) < 4.78 is 0. The number of thiazole rings is 1. The maximum atomic E-state index is 11.6. The van der Waals surface area contributed by atoms with E-state index in [1.54, 1.807) is 11.3 Å². The molecule has 1 N–H and O–H groups in total. The van der Waals surface area contributed by atoms with Gasteiger partial charge in [0.2, 0.25) is 5.91 Å². The highest BCUT2D eigenvalue weighted by Gasteiger charge is 2.39. The van der Waals surface area contributed by atoms with Gasteiger partial charge in [0.25, 0.3) is 0 Å². The topological polar surface area (TPSA) is 42.0 Å². The minimum Gasteiger partial charge on any atom is -0.302 e. The molecule has 2 aliphatic carbocycles. The van der Waals surface area contributed by atoms with E-state index >= 15 is 0 Å². The Morgan fingerprint density at radius 3 is 2.93 bits per heavy atom. The minimum atomic E-state index is 0.152. The van der Waals surface area contributed by atoms with Gasteiger partial charge >= 0.3 is 0 Å². The fourth-order valence-electron chi connectivity index (χ4n) is 1.80. The lowest BCUT2D eigenvalue weighted by atomic mass is 10.3. The van der Waals surface area contributed by atoms with Crippen molar-refractivity contribution in [2.75, 3.05) is 5.32 Å². The highest BCUT2D eigenvalue weighted by Crippen LogP contribution is 2.42. The van der Waals surface area contributed by atoms with Gasteiger partial charge in [-0.25, -0.2) is 4.98 Å². The van der Waals surface area contributed by atoms with Crippen LogP contribution in [0.1, 0.15) is 37.8 Å². The molecule has 0 aliphatic heterocycles. The van der Waals surface area contributed by atoms with Crippen molar-refractivity contribution in [3.8, 4) is 0 Å². The third-order valence-electron chi connectivity index (χ3n) is 3.19. The van der Waals surface area contributed by atoms with Crippen molar-refractivity contribution in [3.05, 3.63) is 11.1 Å². The van der Waals surface area contributed by atoms with Gasteiger partial charge in [0.1, 0.15) is 0 Å². The quantitative estimate of drug-likeness (QED) is 0.854. The van der Waals surface area contributed by atoms with Crippen LogP contribution in [-0.4, -0.2) is 10.9 Å². The predicted octanol–water partition coefficient (Wildman–Crippen LogP) is 2.62. The summed E-state index contributed by atoms with van der Waals surface area (Å²) in [5.41, 5.74) is 1.17. The number of rotatable bonds is 3. The number of carbonyl (C=O) groups is 1. The lowest BCUT2D eigenvalue weighted by molar-refractivity contribution is -0.117. The standard InChI is InChI=1S/C11H14N2OS/c1-6-4-8(6)10(14)13-11-12-9(5-15-11)7-2-3-7/h5-8H,2-4H2,1H3,(H,12,13,14)/t6-,8+/m0/s1. The molecule has 2 aliphatic rings. The number of hydrogen-bond donors (Lipinski definition) is 1. The average Bonchev–Trinajstić information content (AvgIpc) is 3.10. The second-order valence-corrected chi connectivity index (χ2v) is 5.52. The molecule has 2 fully saturated rings. The van der Waals surface area contributed by atoms with E-state index in [9.17, 15) is 4.79 Å². The lowest BCUT2D eigenvalue weighted by Crippen LogP contribution is -2.14. The number of nitrogens with one attached hydrogen (secondary N) is 1. The third kappa shape index (κ3) is 1.91. The molecular formula is C11H14N2OS. The molecule has 0 saturated heterocycles. The van der Waals surface area contributed by atoms with E-state index in [4.69, 9.17) is 0 Å². The molecule has 0 aromatic carbocycles. The van der Waals surface area contributed by atoms with Crippen LogP contribution < -0.4 is 5.32 Å². The molecule has 0 unspecified atom stereocenters. The van der Waals surface area contributed by atoms with Gasteiger partial charge in [-0.2, -0.15) is 0 Å². The monoisotopic (exact) mass is 222 g/mol. The summed E-state index contributed by atoms with van der Waals surface area (Å²) in [6.07, 6.45) is 3.56. The summed E-state index contributed by atoms with van der Waals surface area (Å²) in [5.74, 6) is 1.62. The number of nitrogens with zero attached hydrogens (tertiary/aromatic N) is 1. The van der Waals surface area contributed by atoms with Crippen molar-refractivity contribution >= 4 is 22.4 Å². The van der Waals surface area contributed by atoms with E-state index in [0.29, 0.717) is 11.8 Å². The van der Waals surface area contributed by atoms with E-state index in [0.717, 1.165) is 11.6 Å². The summed E-state index contributed by atoms with van der Waals surface area (Å²) in [5, 5.41) is 5.76. The highest BCUT2D eigenvalue weighted by molar-refractivity contribution is 7.13. The number of aromatic nitrogens is 1. The van der Waals surface area contributed by atoms with Gasteiger partial charge in [0.05, 0.1) is 5.69 Å². The molecule has 1 aromatic rings. The number of carbonyl (C=O) groups excluding carboxylic acids is 1. The Morgan fingerprint density at radius 1 is 1.60 bits per heavy atom. The first kappa shape index (κ1) is 9.33. The van der Waals surface area contributed by atoms with Crippen LogP contribution in [0.3, 0.4) is 0 Å². The van der Waals surface area contributed by atoms with E-state index < -0.39 is 0 Å². The van der Waals surface area contributed by atoms with E-state index in [2.05, 4.69) is 22.6 Å². The third-order valence-corrected chi connectivity index (χ3v) is 3.97. The van der Waals surface area contributed by atoms with Gasteiger partial charge in [-0.3, -0.25) is 4.79 Å². The van der Waals surface area contributed by atoms with Crippen LogP contribution in [0.5, 0.6) is 0 Å². The summed E-state index contributed by atoms with van der Waals surface area (Å²) in [7, 11) is 0. The predicted molar refractivity (Wildman–Crippen MR) is 60.0 cm³/mol. The second-order valence-electron chi connectivity index (χ2n) is 4.66. The molecule has 0 bridgehead atoms. The Bertz CT molecular complexity index is 397. The van der Waals surface area contributed by atoms with Gasteiger partial charge in [-0.1, -0.05) is 6.92 Å². The maximum absolute atomic E-state index is 11.6. The normalized spacial score (nSPS) is 28.9. The highest BCUT2D eigenvalue weighted by atomic mass is 32.1. The molecule has 2 saturated carbocycles. The molecule has 1 heterocycles.